The van der Waals surface area contributed by atoms with Gasteiger partial charge in [-0.15, -0.1) is 0 Å². The van der Waals surface area contributed by atoms with Crippen molar-refractivity contribution < 1.29 is 23.9 Å². The predicted octanol–water partition coefficient (Wildman–Crippen LogP) is 5.97. The molecule has 13 nitrogen and oxygen atoms in total. The molecule has 5 aliphatic heterocycles. The van der Waals surface area contributed by atoms with Crippen molar-refractivity contribution in [1.82, 2.24) is 34.9 Å². The highest BCUT2D eigenvalue weighted by atomic mass is 35.5. The quantitative estimate of drug-likeness (QED) is 0.156. The van der Waals surface area contributed by atoms with Crippen molar-refractivity contribution in [1.29, 1.82) is 0 Å². The van der Waals surface area contributed by atoms with Crippen molar-refractivity contribution >= 4 is 46.8 Å². The number of nitrogens with zero attached hydrogens (tertiary/aromatic N) is 6. The van der Waals surface area contributed by atoms with Gasteiger partial charge in [0.15, 0.2) is 0 Å². The van der Waals surface area contributed by atoms with Gasteiger partial charge in [0, 0.05) is 62.9 Å². The molecule has 2 N–H and O–H groups in total. The van der Waals surface area contributed by atoms with Crippen molar-refractivity contribution in [3.05, 3.63) is 102 Å². The molecule has 6 heterocycles. The normalized spacial score (nSPS) is 21.3. The molecule has 61 heavy (non-hydrogen) atoms. The first-order valence-electron chi connectivity index (χ1n) is 21.7. The topological polar surface area (TPSA) is 140 Å². The third kappa shape index (κ3) is 10.1. The summed E-state index contributed by atoms with van der Waals surface area (Å²) in [5, 5.41) is 6.33. The number of aromatic nitrogens is 2. The van der Waals surface area contributed by atoms with Crippen molar-refractivity contribution in [3.63, 3.8) is 0 Å². The van der Waals surface area contributed by atoms with Gasteiger partial charge in [0.2, 0.25) is 23.7 Å². The largest absolute Gasteiger partial charge is 0.490 e. The van der Waals surface area contributed by atoms with Crippen LogP contribution in [0, 0.1) is 5.92 Å². The van der Waals surface area contributed by atoms with Crippen LogP contribution >= 0.6 is 11.6 Å². The van der Waals surface area contributed by atoms with Gasteiger partial charge in [0.25, 0.3) is 5.91 Å². The molecule has 5 aliphatic rings. The van der Waals surface area contributed by atoms with E-state index >= 15 is 0 Å². The highest BCUT2D eigenvalue weighted by molar-refractivity contribution is 6.32. The van der Waals surface area contributed by atoms with Gasteiger partial charge in [0.05, 0.1) is 23.5 Å². The Morgan fingerprint density at radius 1 is 0.934 bits per heavy atom. The SMILES string of the molecule is C=C/C=C(\C=C)c1cccc(-c2nc(NC3CCN(C(=O)CN4CCC(CN5CCC(Oc6ccc7c(c6)CN(C6CCC(=O)NC6=O)C7=O)CC5)CC4)CC3)ncc2Cl)c1. The molecule has 3 aromatic rings. The molecule has 14 heteroatoms. The minimum absolute atomic E-state index is 0.107. The highest BCUT2D eigenvalue weighted by Crippen LogP contribution is 2.33. The zero-order valence-corrected chi connectivity index (χ0v) is 35.5. The van der Waals surface area contributed by atoms with Crippen LogP contribution in [0.15, 0.2) is 80.0 Å². The molecule has 4 fully saturated rings. The number of benzene rings is 2. The minimum Gasteiger partial charge on any atom is -0.490 e. The number of hydrogen-bond acceptors (Lipinski definition) is 10. The minimum atomic E-state index is -0.624. The summed E-state index contributed by atoms with van der Waals surface area (Å²) >= 11 is 6.57. The maximum atomic E-state index is 13.4. The van der Waals surface area contributed by atoms with E-state index in [1.807, 2.05) is 47.4 Å². The fourth-order valence-corrected chi connectivity index (χ4v) is 9.56. The molecular formula is C47H55ClN8O5. The number of halogens is 1. The van der Waals surface area contributed by atoms with E-state index in [1.54, 1.807) is 29.3 Å². The number of carbonyl (C=O) groups excluding carboxylic acids is 4. The first-order chi connectivity index (χ1) is 29.6. The first kappa shape index (κ1) is 42.3. The van der Waals surface area contributed by atoms with E-state index in [-0.39, 0.29) is 36.3 Å². The molecule has 2 aromatic carbocycles. The molecule has 4 amide bonds. The summed E-state index contributed by atoms with van der Waals surface area (Å²) in [5.41, 5.74) is 4.95. The van der Waals surface area contributed by atoms with Crippen LogP contribution in [0.3, 0.4) is 0 Å². The number of ether oxygens (including phenoxy) is 1. The van der Waals surface area contributed by atoms with E-state index in [9.17, 15) is 19.2 Å². The van der Waals surface area contributed by atoms with Crippen molar-refractivity contribution in [2.75, 3.05) is 57.7 Å². The number of fused-ring (bicyclic) bond motifs is 1. The third-order valence-corrected chi connectivity index (χ3v) is 13.1. The van der Waals surface area contributed by atoms with Gasteiger partial charge < -0.3 is 24.8 Å². The summed E-state index contributed by atoms with van der Waals surface area (Å²) in [7, 11) is 0. The van der Waals surface area contributed by atoms with Crippen molar-refractivity contribution in [2.24, 2.45) is 5.92 Å². The van der Waals surface area contributed by atoms with Gasteiger partial charge >= 0.3 is 0 Å². The van der Waals surface area contributed by atoms with Crippen LogP contribution in [0.5, 0.6) is 5.75 Å². The maximum absolute atomic E-state index is 13.4. The van der Waals surface area contributed by atoms with Crippen LogP contribution in [-0.4, -0.2) is 124 Å². The van der Waals surface area contributed by atoms with Gasteiger partial charge in [-0.25, -0.2) is 9.97 Å². The second-order valence-corrected chi connectivity index (χ2v) is 17.3. The van der Waals surface area contributed by atoms with E-state index in [1.165, 1.54) is 0 Å². The third-order valence-electron chi connectivity index (χ3n) is 12.8. The number of amides is 4. The van der Waals surface area contributed by atoms with Crippen LogP contribution in [0.1, 0.15) is 72.9 Å². The number of likely N-dealkylation sites (tertiary alicyclic amines) is 3. The number of nitrogens with one attached hydrogen (secondary N) is 2. The van der Waals surface area contributed by atoms with Gasteiger partial charge in [-0.2, -0.15) is 0 Å². The molecular weight excluding hydrogens is 792 g/mol. The Balaban J connectivity index is 0.730. The monoisotopic (exact) mass is 846 g/mol. The smallest absolute Gasteiger partial charge is 0.255 e. The van der Waals surface area contributed by atoms with E-state index in [0.29, 0.717) is 60.7 Å². The number of imide groups is 1. The van der Waals surface area contributed by atoms with Gasteiger partial charge in [-0.05, 0) is 105 Å². The lowest BCUT2D eigenvalue weighted by Crippen LogP contribution is -2.52. The molecule has 8 rings (SSSR count). The van der Waals surface area contributed by atoms with Crippen LogP contribution in [0.25, 0.3) is 16.8 Å². The zero-order chi connectivity index (χ0) is 42.5. The van der Waals surface area contributed by atoms with Crippen LogP contribution in [0.4, 0.5) is 5.95 Å². The second-order valence-electron chi connectivity index (χ2n) is 16.9. The average molecular weight is 847 g/mol. The number of allylic oxidation sites excluding steroid dienone is 4. The van der Waals surface area contributed by atoms with Gasteiger partial charge in [-0.1, -0.05) is 61.2 Å². The summed E-state index contributed by atoms with van der Waals surface area (Å²) < 4.78 is 6.40. The lowest BCUT2D eigenvalue weighted by atomic mass is 9.95. The molecule has 0 aliphatic carbocycles. The summed E-state index contributed by atoms with van der Waals surface area (Å²) in [5.74, 6) is 1.23. The molecule has 1 unspecified atom stereocenters. The Kier molecular flexibility index (Phi) is 13.3. The Hall–Kier alpha value is -5.37. The van der Waals surface area contributed by atoms with E-state index < -0.39 is 11.9 Å². The van der Waals surface area contributed by atoms with Crippen molar-refractivity contribution in [2.45, 2.75) is 76.1 Å². The lowest BCUT2D eigenvalue weighted by Gasteiger charge is -2.38. The number of piperidine rings is 4. The highest BCUT2D eigenvalue weighted by Gasteiger charge is 2.39. The number of anilines is 1. The fourth-order valence-electron chi connectivity index (χ4n) is 9.36. The van der Waals surface area contributed by atoms with E-state index in [4.69, 9.17) is 21.3 Å². The molecule has 0 spiro atoms. The number of hydrogen-bond donors (Lipinski definition) is 2. The van der Waals surface area contributed by atoms with E-state index in [2.05, 4.69) is 38.6 Å². The van der Waals surface area contributed by atoms with Crippen LogP contribution in [0.2, 0.25) is 5.02 Å². The Bertz CT molecular complexity index is 2190. The molecule has 0 saturated carbocycles. The zero-order valence-electron chi connectivity index (χ0n) is 34.7. The lowest BCUT2D eigenvalue weighted by molar-refractivity contribution is -0.137. The Morgan fingerprint density at radius 2 is 1.70 bits per heavy atom. The molecule has 0 bridgehead atoms. The van der Waals surface area contributed by atoms with Crippen LogP contribution < -0.4 is 15.4 Å². The molecule has 320 valence electrons. The Morgan fingerprint density at radius 3 is 2.44 bits per heavy atom. The van der Waals surface area contributed by atoms with Crippen molar-refractivity contribution in [3.8, 4) is 17.0 Å². The fraction of sp³-hybridized carbons (Fsp3) is 0.447. The maximum Gasteiger partial charge on any atom is 0.255 e. The first-order valence-corrected chi connectivity index (χ1v) is 22.0. The standard InChI is InChI=1S/C47H55ClN8O5/c1-3-6-32(4-2)33-7-5-8-34(25-33)44-40(48)27-49-47(52-44)50-36-15-23-55(24-16-36)43(58)30-54-19-13-31(14-20-54)28-53-21-17-37(18-22-53)61-38-9-10-39-35(26-38)29-56(46(39)60)41-11-12-42(57)51-45(41)59/h3-10,25-27,31,36-37,41H,1-2,11-24,28-30H2,(H,49,50,52)(H,51,57,59)/b32-6+. The average Bonchev–Trinajstić information content (AvgIpc) is 3.59. The predicted molar refractivity (Wildman–Crippen MR) is 236 cm³/mol. The van der Waals surface area contributed by atoms with Crippen LogP contribution in [-0.2, 0) is 20.9 Å². The van der Waals surface area contributed by atoms with Gasteiger partial charge in [0.1, 0.15) is 17.9 Å². The summed E-state index contributed by atoms with van der Waals surface area (Å²) in [4.78, 5) is 68.2. The summed E-state index contributed by atoms with van der Waals surface area (Å²) in [6.07, 6.45) is 13.5. The molecule has 1 atom stereocenters. The second kappa shape index (κ2) is 19.1. The summed E-state index contributed by atoms with van der Waals surface area (Å²) in [6, 6.07) is 13.1. The number of rotatable bonds is 13. The van der Waals surface area contributed by atoms with E-state index in [0.717, 1.165) is 99.3 Å². The molecule has 0 radical (unpaired) electrons. The summed E-state index contributed by atoms with van der Waals surface area (Å²) in [6.45, 7) is 14.8. The number of carbonyl (C=O) groups is 4. The van der Waals surface area contributed by atoms with Gasteiger partial charge in [-0.3, -0.25) is 29.4 Å². The Labute approximate surface area is 362 Å². The molecule has 4 saturated heterocycles. The molecule has 1 aromatic heterocycles.